The van der Waals surface area contributed by atoms with E-state index in [1.807, 2.05) is 6.92 Å². The maximum absolute atomic E-state index is 12.4. The van der Waals surface area contributed by atoms with Crippen molar-refractivity contribution in [2.75, 3.05) is 24.7 Å². The van der Waals surface area contributed by atoms with Crippen LogP contribution in [0.5, 0.6) is 0 Å². The molecule has 0 bridgehead atoms. The van der Waals surface area contributed by atoms with E-state index in [1.54, 1.807) is 24.3 Å². The molecule has 13 heteroatoms. The summed E-state index contributed by atoms with van der Waals surface area (Å²) in [5, 5.41) is 29.6. The first kappa shape index (κ1) is 23.5. The number of benzene rings is 1. The summed E-state index contributed by atoms with van der Waals surface area (Å²) in [7, 11) is -3.50. The van der Waals surface area contributed by atoms with Gasteiger partial charge in [0.05, 0.1) is 30.2 Å². The van der Waals surface area contributed by atoms with Crippen LogP contribution in [0.3, 0.4) is 0 Å². The van der Waals surface area contributed by atoms with Crippen molar-refractivity contribution in [3.63, 3.8) is 0 Å². The molecule has 1 aliphatic heterocycles. The minimum Gasteiger partial charge on any atom is -0.394 e. The molecule has 3 heterocycles. The number of ether oxygens (including phenoxy) is 2. The Balaban J connectivity index is 1.46. The van der Waals surface area contributed by atoms with Gasteiger partial charge in [0.2, 0.25) is 0 Å². The van der Waals surface area contributed by atoms with Crippen LogP contribution in [0, 0.1) is 6.92 Å². The number of fused-ring (bicyclic) bond motifs is 1. The third-order valence-corrected chi connectivity index (χ3v) is 7.09. The van der Waals surface area contributed by atoms with Crippen LogP contribution in [0.4, 0.5) is 5.82 Å². The van der Waals surface area contributed by atoms with Crippen LogP contribution in [-0.4, -0.2) is 80.5 Å². The molecular weight excluding hydrogens is 454 g/mol. The van der Waals surface area contributed by atoms with Crippen molar-refractivity contribution in [3.05, 3.63) is 42.0 Å². The van der Waals surface area contributed by atoms with Crippen LogP contribution < -0.4 is 5.73 Å². The molecule has 4 atom stereocenters. The van der Waals surface area contributed by atoms with E-state index in [4.69, 9.17) is 15.2 Å². The number of aliphatic hydroxyl groups is 3. The van der Waals surface area contributed by atoms with Crippen LogP contribution in [0.25, 0.3) is 11.2 Å². The molecule has 0 spiro atoms. The van der Waals surface area contributed by atoms with Crippen molar-refractivity contribution in [2.45, 2.75) is 43.0 Å². The van der Waals surface area contributed by atoms with Crippen LogP contribution in [-0.2, 0) is 25.9 Å². The first-order chi connectivity index (χ1) is 15.7. The Morgan fingerprint density at radius 3 is 2.58 bits per heavy atom. The van der Waals surface area contributed by atoms with Gasteiger partial charge in [-0.15, -0.1) is 0 Å². The lowest BCUT2D eigenvalue weighted by Gasteiger charge is -2.16. The third-order valence-electron chi connectivity index (χ3n) is 5.39. The molecule has 1 saturated heterocycles. The number of rotatable bonds is 8. The standard InChI is InChI=1S/C20H25N5O7S/c1-11-2-4-12(5-3-11)33(29,30)7-6-31-9-14-23-18(21)15-19(24-14)25(10-22-15)20-17(28)16(27)13(8-26)32-20/h2-5,10,13,16-17,20,26-28H,6-9H2,1H3,(H2,21,23,24)/t13-,16?,17?,20-/m1/s1. The van der Waals surface area contributed by atoms with Gasteiger partial charge in [-0.25, -0.2) is 23.4 Å². The second-order valence-corrected chi connectivity index (χ2v) is 9.87. The number of aromatic nitrogens is 4. The molecule has 0 radical (unpaired) electrons. The molecule has 1 aliphatic rings. The predicted octanol–water partition coefficient (Wildman–Crippen LogP) is -0.681. The van der Waals surface area contributed by atoms with E-state index in [1.165, 1.54) is 10.9 Å². The molecule has 0 saturated carbocycles. The molecule has 2 unspecified atom stereocenters. The molecule has 4 rings (SSSR count). The van der Waals surface area contributed by atoms with E-state index < -0.39 is 41.0 Å². The minimum absolute atomic E-state index is 0.0661. The number of hydrogen-bond donors (Lipinski definition) is 4. The average Bonchev–Trinajstić information content (AvgIpc) is 3.33. The van der Waals surface area contributed by atoms with Gasteiger partial charge in [0.25, 0.3) is 0 Å². The molecule has 0 amide bonds. The van der Waals surface area contributed by atoms with E-state index >= 15 is 0 Å². The van der Waals surface area contributed by atoms with Gasteiger partial charge in [-0.2, -0.15) is 0 Å². The maximum atomic E-state index is 12.4. The number of hydrogen-bond acceptors (Lipinski definition) is 11. The van der Waals surface area contributed by atoms with Crippen molar-refractivity contribution in [1.29, 1.82) is 0 Å². The topological polar surface area (TPSA) is 183 Å². The van der Waals surface area contributed by atoms with Crippen LogP contribution in [0.1, 0.15) is 17.6 Å². The normalized spacial score (nSPS) is 23.4. The quantitative estimate of drug-likeness (QED) is 0.300. The zero-order valence-corrected chi connectivity index (χ0v) is 18.6. The summed E-state index contributed by atoms with van der Waals surface area (Å²) in [5.74, 6) is 0.0338. The Labute approximate surface area is 189 Å². The van der Waals surface area contributed by atoms with Crippen molar-refractivity contribution in [3.8, 4) is 0 Å². The molecule has 5 N–H and O–H groups in total. The van der Waals surface area contributed by atoms with E-state index in [9.17, 15) is 23.7 Å². The monoisotopic (exact) mass is 479 g/mol. The number of nitrogens with zero attached hydrogens (tertiary/aromatic N) is 4. The van der Waals surface area contributed by atoms with Crippen molar-refractivity contribution < 1.29 is 33.2 Å². The van der Waals surface area contributed by atoms with Gasteiger partial charge < -0.3 is 30.5 Å². The molecule has 3 aromatic rings. The van der Waals surface area contributed by atoms with Gasteiger partial charge in [0.1, 0.15) is 30.4 Å². The third kappa shape index (κ3) is 4.69. The van der Waals surface area contributed by atoms with Gasteiger partial charge in [0.15, 0.2) is 33.4 Å². The summed E-state index contributed by atoms with van der Waals surface area (Å²) in [6.45, 7) is 1.22. The fourth-order valence-corrected chi connectivity index (χ4v) is 4.67. The van der Waals surface area contributed by atoms with Crippen LogP contribution in [0.15, 0.2) is 35.5 Å². The Morgan fingerprint density at radius 1 is 1.18 bits per heavy atom. The lowest BCUT2D eigenvalue weighted by molar-refractivity contribution is -0.0511. The molecule has 1 aromatic carbocycles. The molecule has 2 aromatic heterocycles. The predicted molar refractivity (Wildman–Crippen MR) is 116 cm³/mol. The summed E-state index contributed by atoms with van der Waals surface area (Å²) in [4.78, 5) is 12.8. The maximum Gasteiger partial charge on any atom is 0.180 e. The number of aliphatic hydroxyl groups excluding tert-OH is 3. The summed E-state index contributed by atoms with van der Waals surface area (Å²) < 4.78 is 37.3. The number of imidazole rings is 1. The first-order valence-corrected chi connectivity index (χ1v) is 11.8. The number of aryl methyl sites for hydroxylation is 1. The fourth-order valence-electron chi connectivity index (χ4n) is 3.54. The smallest absolute Gasteiger partial charge is 0.180 e. The van der Waals surface area contributed by atoms with E-state index in [-0.39, 0.29) is 46.7 Å². The fraction of sp³-hybridized carbons (Fsp3) is 0.450. The molecule has 12 nitrogen and oxygen atoms in total. The van der Waals surface area contributed by atoms with Crippen LogP contribution in [0.2, 0.25) is 0 Å². The molecular formula is C20H25N5O7S. The van der Waals surface area contributed by atoms with E-state index in [2.05, 4.69) is 15.0 Å². The van der Waals surface area contributed by atoms with Crippen molar-refractivity contribution in [2.24, 2.45) is 0 Å². The molecule has 0 aliphatic carbocycles. The second-order valence-electron chi connectivity index (χ2n) is 7.76. The highest BCUT2D eigenvalue weighted by Crippen LogP contribution is 2.32. The van der Waals surface area contributed by atoms with Gasteiger partial charge >= 0.3 is 0 Å². The van der Waals surface area contributed by atoms with Gasteiger partial charge in [-0.1, -0.05) is 17.7 Å². The van der Waals surface area contributed by atoms with Crippen LogP contribution >= 0.6 is 0 Å². The second kappa shape index (κ2) is 9.29. The number of anilines is 1. The Morgan fingerprint density at radius 2 is 1.91 bits per heavy atom. The number of sulfone groups is 1. The Bertz CT molecular complexity index is 1230. The molecule has 1 fully saturated rings. The Hall–Kier alpha value is -2.68. The summed E-state index contributed by atoms with van der Waals surface area (Å²) in [6.07, 6.45) is -3.25. The van der Waals surface area contributed by atoms with Gasteiger partial charge in [-0.3, -0.25) is 4.57 Å². The summed E-state index contributed by atoms with van der Waals surface area (Å²) in [5.41, 5.74) is 7.44. The minimum atomic E-state index is -3.50. The largest absolute Gasteiger partial charge is 0.394 e. The SMILES string of the molecule is Cc1ccc(S(=O)(=O)CCOCc2nc(N)c3ncn([C@@H]4O[C@H](CO)C(O)C4O)c3n2)cc1. The van der Waals surface area contributed by atoms with Crippen molar-refractivity contribution >= 4 is 26.8 Å². The lowest BCUT2D eigenvalue weighted by Crippen LogP contribution is -2.33. The number of nitrogen functional groups attached to an aromatic ring is 1. The lowest BCUT2D eigenvalue weighted by atomic mass is 10.1. The van der Waals surface area contributed by atoms with E-state index in [0.29, 0.717) is 0 Å². The first-order valence-electron chi connectivity index (χ1n) is 10.2. The van der Waals surface area contributed by atoms with Crippen molar-refractivity contribution in [1.82, 2.24) is 19.5 Å². The summed E-state index contributed by atoms with van der Waals surface area (Å²) in [6, 6.07) is 6.58. The van der Waals surface area contributed by atoms with Gasteiger partial charge in [-0.05, 0) is 19.1 Å². The zero-order chi connectivity index (χ0) is 23.8. The highest BCUT2D eigenvalue weighted by molar-refractivity contribution is 7.91. The Kier molecular flexibility index (Phi) is 6.61. The molecule has 178 valence electrons. The zero-order valence-electron chi connectivity index (χ0n) is 17.8. The highest BCUT2D eigenvalue weighted by atomic mass is 32.2. The van der Waals surface area contributed by atoms with Gasteiger partial charge in [0, 0.05) is 0 Å². The number of nitrogens with two attached hydrogens (primary N) is 1. The highest BCUT2D eigenvalue weighted by Gasteiger charge is 2.44. The van der Waals surface area contributed by atoms with E-state index in [0.717, 1.165) is 5.56 Å². The molecule has 33 heavy (non-hydrogen) atoms. The summed E-state index contributed by atoms with van der Waals surface area (Å²) >= 11 is 0. The average molecular weight is 480 g/mol.